The first-order chi connectivity index (χ1) is 11.7. The van der Waals surface area contributed by atoms with Gasteiger partial charge in [-0.25, -0.2) is 8.42 Å². The zero-order chi connectivity index (χ0) is 18.6. The van der Waals surface area contributed by atoms with Gasteiger partial charge >= 0.3 is 5.97 Å². The van der Waals surface area contributed by atoms with Crippen LogP contribution in [0.5, 0.6) is 0 Å². The number of ether oxygens (including phenoxy) is 1. The van der Waals surface area contributed by atoms with Crippen molar-refractivity contribution in [2.75, 3.05) is 0 Å². The van der Waals surface area contributed by atoms with Crippen LogP contribution in [0, 0.1) is 13.8 Å². The molecule has 0 aliphatic heterocycles. The maximum Gasteiger partial charge on any atom is 0.324 e. The first-order valence-electron chi connectivity index (χ1n) is 7.70. The monoisotopic (exact) mass is 381 g/mol. The molecule has 0 aliphatic rings. The van der Waals surface area contributed by atoms with Gasteiger partial charge in [-0.05, 0) is 56.2 Å². The zero-order valence-electron chi connectivity index (χ0n) is 14.2. The number of hydrogen-bond acceptors (Lipinski definition) is 4. The van der Waals surface area contributed by atoms with Crippen molar-refractivity contribution in [3.05, 3.63) is 64.2 Å². The average Bonchev–Trinajstić information content (AvgIpc) is 2.55. The topological polar surface area (TPSA) is 72.5 Å². The molecular weight excluding hydrogens is 362 g/mol. The maximum absolute atomic E-state index is 12.3. The second kappa shape index (κ2) is 7.99. The Hall–Kier alpha value is -1.89. The number of nitrogens with one attached hydrogen (secondary N) is 1. The minimum atomic E-state index is -3.83. The summed E-state index contributed by atoms with van der Waals surface area (Å²) in [4.78, 5) is 12.1. The molecule has 0 saturated heterocycles. The van der Waals surface area contributed by atoms with E-state index in [1.165, 1.54) is 31.2 Å². The molecule has 2 aromatic rings. The molecule has 0 fully saturated rings. The molecule has 2 aromatic carbocycles. The summed E-state index contributed by atoms with van der Waals surface area (Å²) in [5, 5.41) is 0.430. The molecule has 7 heteroatoms. The summed E-state index contributed by atoms with van der Waals surface area (Å²) in [6.45, 7) is 5.42. The fourth-order valence-electron chi connectivity index (χ4n) is 2.19. The van der Waals surface area contributed by atoms with Crippen molar-refractivity contribution >= 4 is 27.6 Å². The molecule has 134 valence electrons. The molecule has 1 atom stereocenters. The van der Waals surface area contributed by atoms with Crippen LogP contribution in [0.15, 0.2) is 47.4 Å². The number of esters is 1. The van der Waals surface area contributed by atoms with Crippen LogP contribution < -0.4 is 4.72 Å². The predicted octanol–water partition coefficient (Wildman–Crippen LogP) is 3.37. The van der Waals surface area contributed by atoms with Gasteiger partial charge in [0.2, 0.25) is 10.0 Å². The number of carbonyl (C=O) groups excluding carboxylic acids is 1. The fourth-order valence-corrected chi connectivity index (χ4v) is 3.51. The van der Waals surface area contributed by atoms with Crippen molar-refractivity contribution in [3.63, 3.8) is 0 Å². The van der Waals surface area contributed by atoms with Crippen LogP contribution in [-0.2, 0) is 26.2 Å². The Balaban J connectivity index is 2.00. The quantitative estimate of drug-likeness (QED) is 0.778. The molecule has 5 nitrogen and oxygen atoms in total. The van der Waals surface area contributed by atoms with Crippen molar-refractivity contribution in [2.24, 2.45) is 0 Å². The van der Waals surface area contributed by atoms with E-state index in [9.17, 15) is 13.2 Å². The molecule has 0 saturated carbocycles. The Kier molecular flexibility index (Phi) is 6.21. The van der Waals surface area contributed by atoms with Gasteiger partial charge in [0.15, 0.2) is 0 Å². The van der Waals surface area contributed by atoms with Crippen LogP contribution in [0.3, 0.4) is 0 Å². The highest BCUT2D eigenvalue weighted by molar-refractivity contribution is 7.89. The average molecular weight is 382 g/mol. The van der Waals surface area contributed by atoms with Crippen molar-refractivity contribution in [3.8, 4) is 0 Å². The number of rotatable bonds is 6. The highest BCUT2D eigenvalue weighted by Crippen LogP contribution is 2.15. The van der Waals surface area contributed by atoms with E-state index in [1.807, 2.05) is 32.0 Å². The minimum absolute atomic E-state index is 0.0334. The Morgan fingerprint density at radius 1 is 1.16 bits per heavy atom. The second-order valence-electron chi connectivity index (χ2n) is 5.83. The lowest BCUT2D eigenvalue weighted by Gasteiger charge is -2.15. The molecule has 25 heavy (non-hydrogen) atoms. The third-order valence-corrected chi connectivity index (χ3v) is 5.49. The standard InChI is InChI=1S/C18H20ClNO4S/c1-12-4-5-13(2)15(10-12)11-24-18(21)14(3)20-25(22,23)17-8-6-16(19)7-9-17/h4-10,14,20H,11H2,1-3H3. The van der Waals surface area contributed by atoms with E-state index in [-0.39, 0.29) is 11.5 Å². The number of sulfonamides is 1. The molecular formula is C18H20ClNO4S. The van der Waals surface area contributed by atoms with Gasteiger partial charge in [-0.1, -0.05) is 35.4 Å². The van der Waals surface area contributed by atoms with E-state index >= 15 is 0 Å². The van der Waals surface area contributed by atoms with Gasteiger partial charge in [0.25, 0.3) is 0 Å². The third kappa shape index (κ3) is 5.29. The highest BCUT2D eigenvalue weighted by Gasteiger charge is 2.23. The van der Waals surface area contributed by atoms with E-state index in [1.54, 1.807) is 0 Å². The number of aryl methyl sites for hydroxylation is 2. The van der Waals surface area contributed by atoms with E-state index in [4.69, 9.17) is 16.3 Å². The summed E-state index contributed by atoms with van der Waals surface area (Å²) >= 11 is 5.75. The number of hydrogen-bond donors (Lipinski definition) is 1. The lowest BCUT2D eigenvalue weighted by Crippen LogP contribution is -2.39. The Morgan fingerprint density at radius 2 is 1.80 bits per heavy atom. The SMILES string of the molecule is Cc1ccc(C)c(COC(=O)C(C)NS(=O)(=O)c2ccc(Cl)cc2)c1. The van der Waals surface area contributed by atoms with Gasteiger partial charge in [0.05, 0.1) is 4.90 Å². The first kappa shape index (κ1) is 19.4. The van der Waals surface area contributed by atoms with E-state index in [2.05, 4.69) is 4.72 Å². The molecule has 0 aliphatic carbocycles. The zero-order valence-corrected chi connectivity index (χ0v) is 15.8. The van der Waals surface area contributed by atoms with E-state index < -0.39 is 22.0 Å². The van der Waals surface area contributed by atoms with Gasteiger partial charge in [-0.15, -0.1) is 0 Å². The molecule has 1 unspecified atom stereocenters. The van der Waals surface area contributed by atoms with Gasteiger partial charge < -0.3 is 4.74 Å². The molecule has 0 amide bonds. The minimum Gasteiger partial charge on any atom is -0.460 e. The Morgan fingerprint density at radius 3 is 2.44 bits per heavy atom. The molecule has 0 radical (unpaired) electrons. The van der Waals surface area contributed by atoms with Gasteiger partial charge in [-0.3, -0.25) is 4.79 Å². The van der Waals surface area contributed by atoms with Crippen LogP contribution in [0.4, 0.5) is 0 Å². The lowest BCUT2D eigenvalue weighted by atomic mass is 10.1. The van der Waals surface area contributed by atoms with E-state index in [0.29, 0.717) is 5.02 Å². The summed E-state index contributed by atoms with van der Waals surface area (Å²) < 4.78 is 32.1. The summed E-state index contributed by atoms with van der Waals surface area (Å²) in [7, 11) is -3.83. The van der Waals surface area contributed by atoms with Gasteiger partial charge in [0.1, 0.15) is 12.6 Å². The van der Waals surface area contributed by atoms with Crippen molar-refractivity contribution in [2.45, 2.75) is 38.3 Å². The molecule has 0 aromatic heterocycles. The number of carbonyl (C=O) groups is 1. The summed E-state index contributed by atoms with van der Waals surface area (Å²) in [6, 6.07) is 10.5. The predicted molar refractivity (Wildman–Crippen MR) is 96.9 cm³/mol. The normalized spacial score (nSPS) is 12.6. The van der Waals surface area contributed by atoms with Crippen LogP contribution in [-0.4, -0.2) is 20.4 Å². The number of halogens is 1. The maximum atomic E-state index is 12.3. The van der Waals surface area contributed by atoms with Crippen molar-refractivity contribution in [1.82, 2.24) is 4.72 Å². The Bertz CT molecular complexity index is 863. The summed E-state index contributed by atoms with van der Waals surface area (Å²) in [5.41, 5.74) is 2.96. The first-order valence-corrected chi connectivity index (χ1v) is 9.56. The van der Waals surface area contributed by atoms with Gasteiger partial charge in [-0.2, -0.15) is 4.72 Å². The lowest BCUT2D eigenvalue weighted by molar-refractivity contribution is -0.146. The highest BCUT2D eigenvalue weighted by atomic mass is 35.5. The van der Waals surface area contributed by atoms with Crippen molar-refractivity contribution in [1.29, 1.82) is 0 Å². The van der Waals surface area contributed by atoms with Gasteiger partial charge in [0, 0.05) is 5.02 Å². The smallest absolute Gasteiger partial charge is 0.324 e. The molecule has 0 bridgehead atoms. The largest absolute Gasteiger partial charge is 0.460 e. The van der Waals surface area contributed by atoms with Crippen molar-refractivity contribution < 1.29 is 17.9 Å². The molecule has 0 spiro atoms. The summed E-state index contributed by atoms with van der Waals surface area (Å²) in [5.74, 6) is -0.640. The molecule has 2 rings (SSSR count). The van der Waals surface area contributed by atoms with E-state index in [0.717, 1.165) is 16.7 Å². The second-order valence-corrected chi connectivity index (χ2v) is 7.98. The van der Waals surface area contributed by atoms with Crippen LogP contribution in [0.25, 0.3) is 0 Å². The third-order valence-electron chi connectivity index (χ3n) is 3.68. The fraction of sp³-hybridized carbons (Fsp3) is 0.278. The molecule has 0 heterocycles. The van der Waals surface area contributed by atoms with Crippen LogP contribution >= 0.6 is 11.6 Å². The number of benzene rings is 2. The Labute approximate surface area is 153 Å². The van der Waals surface area contributed by atoms with Crippen LogP contribution in [0.2, 0.25) is 5.02 Å². The summed E-state index contributed by atoms with van der Waals surface area (Å²) in [6.07, 6.45) is 0. The van der Waals surface area contributed by atoms with Crippen LogP contribution in [0.1, 0.15) is 23.6 Å². The molecule has 1 N–H and O–H groups in total.